The van der Waals surface area contributed by atoms with Crippen LogP contribution in [0.3, 0.4) is 0 Å². The van der Waals surface area contributed by atoms with Gasteiger partial charge in [-0.25, -0.2) is 4.79 Å². The number of urea groups is 1. The van der Waals surface area contributed by atoms with Gasteiger partial charge in [0.25, 0.3) is 5.91 Å². The number of imide groups is 1. The molecule has 0 bridgehead atoms. The third kappa shape index (κ3) is 3.97. The molecule has 1 saturated heterocycles. The maximum absolute atomic E-state index is 11.6. The SMILES string of the molecule is COc1cc(/C=C2\NC(=O)NC2=O)cc(Cl)c1OCc1cccc(C)c1. The van der Waals surface area contributed by atoms with Crippen molar-refractivity contribution in [3.05, 3.63) is 63.8 Å². The van der Waals surface area contributed by atoms with E-state index in [-0.39, 0.29) is 5.70 Å². The highest BCUT2D eigenvalue weighted by molar-refractivity contribution is 6.32. The molecule has 1 aliphatic rings. The maximum atomic E-state index is 11.6. The lowest BCUT2D eigenvalue weighted by atomic mass is 10.1. The summed E-state index contributed by atoms with van der Waals surface area (Å²) < 4.78 is 11.2. The number of halogens is 1. The van der Waals surface area contributed by atoms with Crippen LogP contribution < -0.4 is 20.1 Å². The molecule has 0 unspecified atom stereocenters. The highest BCUT2D eigenvalue weighted by Crippen LogP contribution is 2.37. The van der Waals surface area contributed by atoms with Crippen LogP contribution in [0.1, 0.15) is 16.7 Å². The number of ether oxygens (including phenoxy) is 2. The van der Waals surface area contributed by atoms with Crippen LogP contribution in [-0.4, -0.2) is 19.0 Å². The van der Waals surface area contributed by atoms with Crippen molar-refractivity contribution in [2.24, 2.45) is 0 Å². The second kappa shape index (κ2) is 7.49. The number of carbonyl (C=O) groups excluding carboxylic acids is 2. The van der Waals surface area contributed by atoms with Crippen molar-refractivity contribution < 1.29 is 19.1 Å². The van der Waals surface area contributed by atoms with E-state index in [0.717, 1.165) is 11.1 Å². The lowest BCUT2D eigenvalue weighted by Gasteiger charge is -2.14. The molecular weight excluding hydrogens is 356 g/mol. The van der Waals surface area contributed by atoms with Crippen molar-refractivity contribution >= 4 is 29.6 Å². The summed E-state index contributed by atoms with van der Waals surface area (Å²) in [4.78, 5) is 22.8. The monoisotopic (exact) mass is 372 g/mol. The van der Waals surface area contributed by atoms with Crippen molar-refractivity contribution in [1.82, 2.24) is 10.6 Å². The number of amides is 3. The van der Waals surface area contributed by atoms with E-state index in [1.54, 1.807) is 12.1 Å². The van der Waals surface area contributed by atoms with E-state index in [0.29, 0.717) is 28.7 Å². The molecule has 0 radical (unpaired) electrons. The molecule has 3 amide bonds. The molecule has 1 aliphatic heterocycles. The first kappa shape index (κ1) is 17.8. The van der Waals surface area contributed by atoms with E-state index in [2.05, 4.69) is 10.6 Å². The molecule has 3 rings (SSSR count). The van der Waals surface area contributed by atoms with Crippen LogP contribution in [-0.2, 0) is 11.4 Å². The lowest BCUT2D eigenvalue weighted by Crippen LogP contribution is -2.22. The van der Waals surface area contributed by atoms with Crippen LogP contribution in [0.15, 0.2) is 42.1 Å². The molecule has 0 aliphatic carbocycles. The highest BCUT2D eigenvalue weighted by Gasteiger charge is 2.23. The smallest absolute Gasteiger partial charge is 0.326 e. The summed E-state index contributed by atoms with van der Waals surface area (Å²) in [6.45, 7) is 2.36. The van der Waals surface area contributed by atoms with E-state index >= 15 is 0 Å². The van der Waals surface area contributed by atoms with Crippen molar-refractivity contribution in [1.29, 1.82) is 0 Å². The van der Waals surface area contributed by atoms with Crippen LogP contribution in [0.2, 0.25) is 5.02 Å². The van der Waals surface area contributed by atoms with Gasteiger partial charge < -0.3 is 14.8 Å². The topological polar surface area (TPSA) is 76.7 Å². The Hall–Kier alpha value is -2.99. The number of hydrogen-bond acceptors (Lipinski definition) is 4. The third-order valence-electron chi connectivity index (χ3n) is 3.75. The van der Waals surface area contributed by atoms with Crippen LogP contribution in [0.25, 0.3) is 6.08 Å². The number of benzene rings is 2. The number of nitrogens with one attached hydrogen (secondary N) is 2. The van der Waals surface area contributed by atoms with Gasteiger partial charge >= 0.3 is 6.03 Å². The van der Waals surface area contributed by atoms with Crippen LogP contribution in [0.4, 0.5) is 4.79 Å². The lowest BCUT2D eigenvalue weighted by molar-refractivity contribution is -0.115. The first-order valence-corrected chi connectivity index (χ1v) is 8.24. The fraction of sp³-hybridized carbons (Fsp3) is 0.158. The van der Waals surface area contributed by atoms with Gasteiger partial charge in [-0.2, -0.15) is 0 Å². The van der Waals surface area contributed by atoms with Crippen LogP contribution in [0.5, 0.6) is 11.5 Å². The van der Waals surface area contributed by atoms with E-state index in [4.69, 9.17) is 21.1 Å². The van der Waals surface area contributed by atoms with Gasteiger partial charge in [0.05, 0.1) is 12.1 Å². The largest absolute Gasteiger partial charge is 0.493 e. The van der Waals surface area contributed by atoms with Crippen molar-refractivity contribution in [3.8, 4) is 11.5 Å². The molecule has 2 aromatic carbocycles. The zero-order chi connectivity index (χ0) is 18.7. The summed E-state index contributed by atoms with van der Waals surface area (Å²) in [7, 11) is 1.51. The van der Waals surface area contributed by atoms with E-state index in [1.165, 1.54) is 13.2 Å². The predicted molar refractivity (Wildman–Crippen MR) is 98.2 cm³/mol. The van der Waals surface area contributed by atoms with Gasteiger partial charge in [-0.15, -0.1) is 0 Å². The van der Waals surface area contributed by atoms with E-state index in [9.17, 15) is 9.59 Å². The molecule has 1 fully saturated rings. The van der Waals surface area contributed by atoms with Crippen LogP contribution in [0, 0.1) is 6.92 Å². The average molecular weight is 373 g/mol. The fourth-order valence-electron chi connectivity index (χ4n) is 2.57. The number of rotatable bonds is 5. The molecule has 134 valence electrons. The van der Waals surface area contributed by atoms with Crippen molar-refractivity contribution in [2.75, 3.05) is 7.11 Å². The van der Waals surface area contributed by atoms with Crippen molar-refractivity contribution in [3.63, 3.8) is 0 Å². The number of methoxy groups -OCH3 is 1. The zero-order valence-corrected chi connectivity index (χ0v) is 15.0. The Morgan fingerprint density at radius 2 is 1.96 bits per heavy atom. The Kier molecular flexibility index (Phi) is 5.14. The minimum atomic E-state index is -0.558. The van der Waals surface area contributed by atoms with E-state index in [1.807, 2.05) is 31.2 Å². The Morgan fingerprint density at radius 3 is 2.62 bits per heavy atom. The zero-order valence-electron chi connectivity index (χ0n) is 14.3. The standard InChI is InChI=1S/C19H17ClN2O4/c1-11-4-3-5-12(6-11)10-26-17-14(20)7-13(9-16(17)25-2)8-15-18(23)22-19(24)21-15/h3-9H,10H2,1-2H3,(H2,21,22,23,24)/b15-8-. The molecular formula is C19H17ClN2O4. The summed E-state index contributed by atoms with van der Waals surface area (Å²) in [5, 5.41) is 4.90. The summed E-state index contributed by atoms with van der Waals surface area (Å²) in [5.74, 6) is 0.351. The Balaban J connectivity index is 1.84. The molecule has 0 saturated carbocycles. The average Bonchev–Trinajstić information content (AvgIpc) is 2.90. The summed E-state index contributed by atoms with van der Waals surface area (Å²) in [6.07, 6.45) is 1.51. The summed E-state index contributed by atoms with van der Waals surface area (Å²) >= 11 is 6.34. The molecule has 26 heavy (non-hydrogen) atoms. The van der Waals surface area contributed by atoms with Gasteiger partial charge in [-0.1, -0.05) is 41.4 Å². The second-order valence-corrected chi connectivity index (χ2v) is 6.19. The second-order valence-electron chi connectivity index (χ2n) is 5.78. The summed E-state index contributed by atoms with van der Waals surface area (Å²) in [6, 6.07) is 10.7. The minimum absolute atomic E-state index is 0.140. The molecule has 2 N–H and O–H groups in total. The highest BCUT2D eigenvalue weighted by atomic mass is 35.5. The quantitative estimate of drug-likeness (QED) is 0.623. The first-order valence-electron chi connectivity index (χ1n) is 7.86. The third-order valence-corrected chi connectivity index (χ3v) is 4.03. The number of hydrogen-bond donors (Lipinski definition) is 2. The predicted octanol–water partition coefficient (Wildman–Crippen LogP) is 3.42. The Bertz CT molecular complexity index is 908. The minimum Gasteiger partial charge on any atom is -0.493 e. The molecule has 2 aromatic rings. The van der Waals surface area contributed by atoms with Gasteiger partial charge in [0.1, 0.15) is 12.3 Å². The fourth-order valence-corrected chi connectivity index (χ4v) is 2.84. The molecule has 7 heteroatoms. The Labute approximate surface area is 155 Å². The van der Waals surface area contributed by atoms with Gasteiger partial charge in [-0.05, 0) is 36.3 Å². The number of carbonyl (C=O) groups is 2. The molecule has 6 nitrogen and oxygen atoms in total. The summed E-state index contributed by atoms with van der Waals surface area (Å²) in [5.41, 5.74) is 2.89. The van der Waals surface area contributed by atoms with E-state index < -0.39 is 11.9 Å². The maximum Gasteiger partial charge on any atom is 0.326 e. The Morgan fingerprint density at radius 1 is 1.15 bits per heavy atom. The van der Waals surface area contributed by atoms with Gasteiger partial charge in [-0.3, -0.25) is 10.1 Å². The molecule has 1 heterocycles. The molecule has 0 atom stereocenters. The first-order chi connectivity index (χ1) is 12.5. The van der Waals surface area contributed by atoms with Gasteiger partial charge in [0.2, 0.25) is 0 Å². The molecule has 0 spiro atoms. The normalized spacial score (nSPS) is 15.0. The van der Waals surface area contributed by atoms with Gasteiger partial charge in [0.15, 0.2) is 11.5 Å². The van der Waals surface area contributed by atoms with Gasteiger partial charge in [0, 0.05) is 0 Å². The molecule has 0 aromatic heterocycles. The van der Waals surface area contributed by atoms with Crippen molar-refractivity contribution in [2.45, 2.75) is 13.5 Å². The van der Waals surface area contributed by atoms with Crippen LogP contribution >= 0.6 is 11.6 Å². The number of aryl methyl sites for hydroxylation is 1.